The van der Waals surface area contributed by atoms with Gasteiger partial charge in [-0.15, -0.1) is 0 Å². The highest BCUT2D eigenvalue weighted by atomic mass is 32.2. The van der Waals surface area contributed by atoms with E-state index in [1.54, 1.807) is 35.0 Å². The fourth-order valence-corrected chi connectivity index (χ4v) is 4.42. The normalized spacial score (nSPS) is 24.7. The van der Waals surface area contributed by atoms with Crippen molar-refractivity contribution < 1.29 is 14.7 Å². The number of amides is 2. The highest BCUT2D eigenvalue weighted by Gasteiger charge is 2.42. The van der Waals surface area contributed by atoms with Crippen molar-refractivity contribution in [1.29, 1.82) is 0 Å². The summed E-state index contributed by atoms with van der Waals surface area (Å²) in [5, 5.41) is 10.5. The second-order valence-corrected chi connectivity index (χ2v) is 7.31. The van der Waals surface area contributed by atoms with Crippen LogP contribution in [0.2, 0.25) is 0 Å². The van der Waals surface area contributed by atoms with Crippen LogP contribution in [0.4, 0.5) is 5.82 Å². The number of nitrogens with two attached hydrogens (primary N) is 1. The van der Waals surface area contributed by atoms with Crippen LogP contribution >= 0.6 is 11.8 Å². The van der Waals surface area contributed by atoms with E-state index in [0.717, 1.165) is 12.2 Å². The maximum atomic E-state index is 12.6. The Kier molecular flexibility index (Phi) is 4.96. The minimum Gasteiger partial charge on any atom is -0.379 e. The van der Waals surface area contributed by atoms with Gasteiger partial charge in [-0.25, -0.2) is 4.98 Å². The van der Waals surface area contributed by atoms with E-state index in [2.05, 4.69) is 4.98 Å². The average Bonchev–Trinajstić information content (AvgIpc) is 2.89. The lowest BCUT2D eigenvalue weighted by Crippen LogP contribution is -2.50. The number of rotatable bonds is 3. The van der Waals surface area contributed by atoms with E-state index in [9.17, 15) is 14.7 Å². The summed E-state index contributed by atoms with van der Waals surface area (Å²) in [6, 6.07) is 3.35. The van der Waals surface area contributed by atoms with E-state index in [1.807, 2.05) is 4.90 Å². The molecule has 0 spiro atoms. The number of carbonyl (C=O) groups is 2. The van der Waals surface area contributed by atoms with Gasteiger partial charge in [0.25, 0.3) is 11.8 Å². The molecule has 3 N–H and O–H groups in total. The molecule has 2 fully saturated rings. The second kappa shape index (κ2) is 6.98. The molecule has 1 atom stereocenters. The Hall–Kier alpha value is -1.80. The van der Waals surface area contributed by atoms with Gasteiger partial charge < -0.3 is 20.6 Å². The van der Waals surface area contributed by atoms with E-state index in [0.29, 0.717) is 49.7 Å². The summed E-state index contributed by atoms with van der Waals surface area (Å²) in [4.78, 5) is 32.3. The first-order valence-corrected chi connectivity index (χ1v) is 9.26. The lowest BCUT2D eigenvalue weighted by molar-refractivity contribution is -0.148. The third kappa shape index (κ3) is 3.34. The molecule has 24 heavy (non-hydrogen) atoms. The SMILES string of the molecule is NC(=O)c1cccnc1N1CCCN(C(=O)C2(O)CCSC2)CC1. The number of pyridine rings is 1. The fraction of sp³-hybridized carbons (Fsp3) is 0.562. The number of hydrogen-bond acceptors (Lipinski definition) is 6. The van der Waals surface area contributed by atoms with E-state index in [1.165, 1.54) is 0 Å². The number of aromatic nitrogens is 1. The van der Waals surface area contributed by atoms with Crippen LogP contribution in [0.15, 0.2) is 18.3 Å². The lowest BCUT2D eigenvalue weighted by atomic mass is 10.0. The molecule has 1 aromatic heterocycles. The molecule has 2 saturated heterocycles. The molecule has 0 aromatic carbocycles. The Balaban J connectivity index is 1.72. The molecule has 3 heterocycles. The van der Waals surface area contributed by atoms with Crippen molar-refractivity contribution in [1.82, 2.24) is 9.88 Å². The van der Waals surface area contributed by atoms with Crippen molar-refractivity contribution in [2.45, 2.75) is 18.4 Å². The van der Waals surface area contributed by atoms with E-state index >= 15 is 0 Å². The van der Waals surface area contributed by atoms with Crippen LogP contribution in [-0.2, 0) is 4.79 Å². The Bertz CT molecular complexity index is 634. The third-order valence-electron chi connectivity index (χ3n) is 4.53. The zero-order valence-electron chi connectivity index (χ0n) is 13.5. The maximum Gasteiger partial charge on any atom is 0.255 e. The second-order valence-electron chi connectivity index (χ2n) is 6.21. The summed E-state index contributed by atoms with van der Waals surface area (Å²) >= 11 is 1.61. The van der Waals surface area contributed by atoms with Crippen molar-refractivity contribution in [3.05, 3.63) is 23.9 Å². The molecule has 7 nitrogen and oxygen atoms in total. The smallest absolute Gasteiger partial charge is 0.255 e. The van der Waals surface area contributed by atoms with Gasteiger partial charge in [-0.1, -0.05) is 0 Å². The first-order valence-electron chi connectivity index (χ1n) is 8.10. The van der Waals surface area contributed by atoms with Gasteiger partial charge in [-0.2, -0.15) is 11.8 Å². The predicted molar refractivity (Wildman–Crippen MR) is 93.1 cm³/mol. The van der Waals surface area contributed by atoms with Crippen LogP contribution in [0.3, 0.4) is 0 Å². The average molecular weight is 350 g/mol. The molecule has 0 aliphatic carbocycles. The first-order chi connectivity index (χ1) is 11.5. The first kappa shape index (κ1) is 17.0. The number of anilines is 1. The highest BCUT2D eigenvalue weighted by molar-refractivity contribution is 7.99. The van der Waals surface area contributed by atoms with E-state index in [4.69, 9.17) is 5.73 Å². The van der Waals surface area contributed by atoms with Crippen molar-refractivity contribution in [2.24, 2.45) is 5.73 Å². The Morgan fingerprint density at radius 1 is 1.29 bits per heavy atom. The van der Waals surface area contributed by atoms with Gasteiger partial charge in [0.2, 0.25) is 0 Å². The summed E-state index contributed by atoms with van der Waals surface area (Å²) < 4.78 is 0. The molecule has 3 rings (SSSR count). The summed E-state index contributed by atoms with van der Waals surface area (Å²) in [6.07, 6.45) is 2.90. The van der Waals surface area contributed by atoms with Gasteiger partial charge in [-0.3, -0.25) is 9.59 Å². The van der Waals surface area contributed by atoms with Gasteiger partial charge in [0.05, 0.1) is 5.56 Å². The van der Waals surface area contributed by atoms with Crippen molar-refractivity contribution in [3.63, 3.8) is 0 Å². The van der Waals surface area contributed by atoms with Crippen molar-refractivity contribution in [2.75, 3.05) is 42.6 Å². The predicted octanol–water partition coefficient (Wildman–Crippen LogP) is 0.0872. The third-order valence-corrected chi connectivity index (χ3v) is 5.71. The molecule has 0 saturated carbocycles. The zero-order valence-corrected chi connectivity index (χ0v) is 14.3. The van der Waals surface area contributed by atoms with Crippen molar-refractivity contribution >= 4 is 29.4 Å². The Labute approximate surface area is 145 Å². The largest absolute Gasteiger partial charge is 0.379 e. The zero-order chi connectivity index (χ0) is 17.2. The number of hydrogen-bond donors (Lipinski definition) is 2. The summed E-state index contributed by atoms with van der Waals surface area (Å²) in [5.74, 6) is 1.17. The van der Waals surface area contributed by atoms with Crippen LogP contribution in [0.5, 0.6) is 0 Å². The van der Waals surface area contributed by atoms with E-state index in [-0.39, 0.29) is 5.91 Å². The summed E-state index contributed by atoms with van der Waals surface area (Å²) in [6.45, 7) is 2.35. The molecule has 1 aromatic rings. The van der Waals surface area contributed by atoms with Crippen LogP contribution in [-0.4, -0.2) is 70.1 Å². The lowest BCUT2D eigenvalue weighted by Gasteiger charge is -2.29. The Morgan fingerprint density at radius 3 is 2.83 bits per heavy atom. The van der Waals surface area contributed by atoms with Gasteiger partial charge >= 0.3 is 0 Å². The standard InChI is InChI=1S/C16H22N4O3S/c17-13(21)12-3-1-5-18-14(12)19-6-2-7-20(9-8-19)15(22)16(23)4-10-24-11-16/h1,3,5,23H,2,4,6-11H2,(H2,17,21). The van der Waals surface area contributed by atoms with Crippen LogP contribution < -0.4 is 10.6 Å². The highest BCUT2D eigenvalue weighted by Crippen LogP contribution is 2.30. The number of nitrogens with zero attached hydrogens (tertiary/aromatic N) is 3. The van der Waals surface area contributed by atoms with Crippen LogP contribution in [0, 0.1) is 0 Å². The van der Waals surface area contributed by atoms with Gasteiger partial charge in [0, 0.05) is 38.1 Å². The fourth-order valence-electron chi connectivity index (χ4n) is 3.19. The molecule has 0 radical (unpaired) electrons. The summed E-state index contributed by atoms with van der Waals surface area (Å²) in [5.41, 5.74) is 4.60. The number of carbonyl (C=O) groups excluding carboxylic acids is 2. The molecular weight excluding hydrogens is 328 g/mol. The topological polar surface area (TPSA) is 99.8 Å². The number of aliphatic hydroxyl groups is 1. The van der Waals surface area contributed by atoms with Gasteiger partial charge in [-0.05, 0) is 30.7 Å². The number of primary amides is 1. The Morgan fingerprint density at radius 2 is 2.12 bits per heavy atom. The molecular formula is C16H22N4O3S. The van der Waals surface area contributed by atoms with Crippen LogP contribution in [0.25, 0.3) is 0 Å². The molecule has 130 valence electrons. The monoisotopic (exact) mass is 350 g/mol. The van der Waals surface area contributed by atoms with E-state index < -0.39 is 11.5 Å². The van der Waals surface area contributed by atoms with Crippen molar-refractivity contribution in [3.8, 4) is 0 Å². The minimum atomic E-state index is -1.22. The molecule has 0 bridgehead atoms. The maximum absolute atomic E-state index is 12.6. The van der Waals surface area contributed by atoms with Gasteiger partial charge in [0.1, 0.15) is 5.82 Å². The molecule has 8 heteroatoms. The molecule has 2 aliphatic heterocycles. The van der Waals surface area contributed by atoms with Gasteiger partial charge in [0.15, 0.2) is 5.60 Å². The molecule has 2 amide bonds. The van der Waals surface area contributed by atoms with Crippen LogP contribution in [0.1, 0.15) is 23.2 Å². The summed E-state index contributed by atoms with van der Waals surface area (Å²) in [7, 11) is 0. The quantitative estimate of drug-likeness (QED) is 0.801. The molecule has 2 aliphatic rings. The number of thioether (sulfide) groups is 1. The molecule has 1 unspecified atom stereocenters. The minimum absolute atomic E-state index is 0.175.